The summed E-state index contributed by atoms with van der Waals surface area (Å²) < 4.78 is 0. The van der Waals surface area contributed by atoms with E-state index in [-0.39, 0.29) is 5.91 Å². The van der Waals surface area contributed by atoms with E-state index in [0.29, 0.717) is 18.5 Å². The molecule has 0 unspecified atom stereocenters. The van der Waals surface area contributed by atoms with Gasteiger partial charge < -0.3 is 4.90 Å². The minimum atomic E-state index is 0.0175. The maximum atomic E-state index is 12.1. The molecular weight excluding hydrogens is 250 g/mol. The summed E-state index contributed by atoms with van der Waals surface area (Å²) in [5, 5.41) is 8.97. The molecular formula is C16H15N3O. The second-order valence-electron chi connectivity index (χ2n) is 4.36. The van der Waals surface area contributed by atoms with Gasteiger partial charge in [0.05, 0.1) is 18.2 Å². The third-order valence-electron chi connectivity index (χ3n) is 2.95. The molecule has 4 heteroatoms. The normalized spacial score (nSPS) is 9.80. The SMILES string of the molecule is CCC(=O)N(Cc1cccnc1)c1cccc(C#N)c1. The van der Waals surface area contributed by atoms with Gasteiger partial charge in [0.1, 0.15) is 0 Å². The van der Waals surface area contributed by atoms with Crippen LogP contribution in [0.4, 0.5) is 5.69 Å². The minimum Gasteiger partial charge on any atom is -0.308 e. The van der Waals surface area contributed by atoms with Crippen LogP contribution >= 0.6 is 0 Å². The lowest BCUT2D eigenvalue weighted by atomic mass is 10.1. The fourth-order valence-electron chi connectivity index (χ4n) is 1.93. The van der Waals surface area contributed by atoms with E-state index in [2.05, 4.69) is 11.1 Å². The van der Waals surface area contributed by atoms with Crippen molar-refractivity contribution in [3.63, 3.8) is 0 Å². The van der Waals surface area contributed by atoms with Gasteiger partial charge in [-0.1, -0.05) is 19.1 Å². The Morgan fingerprint density at radius 3 is 2.85 bits per heavy atom. The van der Waals surface area contributed by atoms with Crippen LogP contribution in [0.3, 0.4) is 0 Å². The highest BCUT2D eigenvalue weighted by Crippen LogP contribution is 2.19. The maximum Gasteiger partial charge on any atom is 0.227 e. The van der Waals surface area contributed by atoms with E-state index in [9.17, 15) is 4.79 Å². The van der Waals surface area contributed by atoms with Crippen molar-refractivity contribution in [1.82, 2.24) is 4.98 Å². The van der Waals surface area contributed by atoms with Gasteiger partial charge in [0, 0.05) is 24.5 Å². The second kappa shape index (κ2) is 6.48. The van der Waals surface area contributed by atoms with E-state index in [1.165, 1.54) is 0 Å². The van der Waals surface area contributed by atoms with E-state index >= 15 is 0 Å². The van der Waals surface area contributed by atoms with Crippen LogP contribution in [0.1, 0.15) is 24.5 Å². The van der Waals surface area contributed by atoms with Crippen LogP contribution in [0.15, 0.2) is 48.8 Å². The Bertz CT molecular complexity index is 632. The first kappa shape index (κ1) is 13.8. The molecule has 0 saturated heterocycles. The molecule has 1 aromatic heterocycles. The molecule has 2 aromatic rings. The number of hydrogen-bond donors (Lipinski definition) is 0. The third kappa shape index (κ3) is 3.21. The standard InChI is InChI=1S/C16H15N3O/c1-2-16(20)19(12-14-6-4-8-18-11-14)15-7-3-5-13(9-15)10-17/h3-9,11H,2,12H2,1H3. The Morgan fingerprint density at radius 1 is 1.35 bits per heavy atom. The number of hydrogen-bond acceptors (Lipinski definition) is 3. The first-order valence-electron chi connectivity index (χ1n) is 6.44. The Labute approximate surface area is 118 Å². The van der Waals surface area contributed by atoms with Crippen LogP contribution in [-0.4, -0.2) is 10.9 Å². The fourth-order valence-corrected chi connectivity index (χ4v) is 1.93. The van der Waals surface area contributed by atoms with Crippen molar-refractivity contribution >= 4 is 11.6 Å². The molecule has 100 valence electrons. The number of benzene rings is 1. The van der Waals surface area contributed by atoms with Crippen LogP contribution in [-0.2, 0) is 11.3 Å². The molecule has 0 aliphatic heterocycles. The van der Waals surface area contributed by atoms with Gasteiger partial charge in [-0.15, -0.1) is 0 Å². The number of pyridine rings is 1. The van der Waals surface area contributed by atoms with Crippen LogP contribution in [0, 0.1) is 11.3 Å². The summed E-state index contributed by atoms with van der Waals surface area (Å²) in [7, 11) is 0. The molecule has 0 bridgehead atoms. The van der Waals surface area contributed by atoms with Gasteiger partial charge in [-0.2, -0.15) is 5.26 Å². The van der Waals surface area contributed by atoms with Gasteiger partial charge in [0.25, 0.3) is 0 Å². The largest absolute Gasteiger partial charge is 0.308 e. The molecule has 0 atom stereocenters. The quantitative estimate of drug-likeness (QED) is 0.854. The molecule has 0 saturated carbocycles. The molecule has 0 radical (unpaired) electrons. The fraction of sp³-hybridized carbons (Fsp3) is 0.188. The van der Waals surface area contributed by atoms with Crippen molar-refractivity contribution in [3.8, 4) is 6.07 Å². The Hall–Kier alpha value is -2.67. The van der Waals surface area contributed by atoms with Gasteiger partial charge in [0.2, 0.25) is 5.91 Å². The number of carbonyl (C=O) groups is 1. The summed E-state index contributed by atoms with van der Waals surface area (Å²) in [6.45, 7) is 2.28. The van der Waals surface area contributed by atoms with Crippen molar-refractivity contribution < 1.29 is 4.79 Å². The monoisotopic (exact) mass is 265 g/mol. The van der Waals surface area contributed by atoms with E-state index < -0.39 is 0 Å². The maximum absolute atomic E-state index is 12.1. The van der Waals surface area contributed by atoms with Crippen LogP contribution in [0.25, 0.3) is 0 Å². The van der Waals surface area contributed by atoms with Crippen molar-refractivity contribution in [2.24, 2.45) is 0 Å². The van der Waals surface area contributed by atoms with E-state index in [1.54, 1.807) is 35.5 Å². The molecule has 1 heterocycles. The molecule has 0 aliphatic carbocycles. The highest BCUT2D eigenvalue weighted by Gasteiger charge is 2.14. The molecule has 20 heavy (non-hydrogen) atoms. The zero-order chi connectivity index (χ0) is 14.4. The average molecular weight is 265 g/mol. The number of rotatable bonds is 4. The molecule has 2 rings (SSSR count). The summed E-state index contributed by atoms with van der Waals surface area (Å²) in [6, 6.07) is 12.9. The molecule has 0 N–H and O–H groups in total. The van der Waals surface area contributed by atoms with E-state index in [1.807, 2.05) is 25.1 Å². The van der Waals surface area contributed by atoms with Crippen LogP contribution < -0.4 is 4.90 Å². The molecule has 1 aromatic carbocycles. The van der Waals surface area contributed by atoms with Crippen molar-refractivity contribution in [3.05, 3.63) is 59.9 Å². The highest BCUT2D eigenvalue weighted by atomic mass is 16.2. The lowest BCUT2D eigenvalue weighted by Crippen LogP contribution is -2.29. The number of nitriles is 1. The Kier molecular flexibility index (Phi) is 4.46. The van der Waals surface area contributed by atoms with Crippen molar-refractivity contribution in [1.29, 1.82) is 5.26 Å². The summed E-state index contributed by atoms with van der Waals surface area (Å²) in [6.07, 6.45) is 3.85. The summed E-state index contributed by atoms with van der Waals surface area (Å²) in [5.41, 5.74) is 2.24. The zero-order valence-corrected chi connectivity index (χ0v) is 11.3. The highest BCUT2D eigenvalue weighted by molar-refractivity contribution is 5.93. The lowest BCUT2D eigenvalue weighted by molar-refractivity contribution is -0.118. The summed E-state index contributed by atoms with van der Waals surface area (Å²) in [5.74, 6) is 0.0175. The topological polar surface area (TPSA) is 57.0 Å². The molecule has 0 aliphatic rings. The number of aromatic nitrogens is 1. The second-order valence-corrected chi connectivity index (χ2v) is 4.36. The van der Waals surface area contributed by atoms with Gasteiger partial charge >= 0.3 is 0 Å². The molecule has 0 spiro atoms. The average Bonchev–Trinajstić information content (AvgIpc) is 2.53. The van der Waals surface area contributed by atoms with E-state index in [4.69, 9.17) is 5.26 Å². The number of nitrogens with zero attached hydrogens (tertiary/aromatic N) is 3. The minimum absolute atomic E-state index is 0.0175. The van der Waals surface area contributed by atoms with Crippen LogP contribution in [0.5, 0.6) is 0 Å². The zero-order valence-electron chi connectivity index (χ0n) is 11.3. The predicted molar refractivity (Wildman–Crippen MR) is 76.9 cm³/mol. The number of carbonyl (C=O) groups excluding carboxylic acids is 1. The summed E-state index contributed by atoms with van der Waals surface area (Å²) >= 11 is 0. The Morgan fingerprint density at radius 2 is 2.20 bits per heavy atom. The first-order chi connectivity index (χ1) is 9.74. The third-order valence-corrected chi connectivity index (χ3v) is 2.95. The van der Waals surface area contributed by atoms with Crippen molar-refractivity contribution in [2.75, 3.05) is 4.90 Å². The van der Waals surface area contributed by atoms with Gasteiger partial charge in [-0.25, -0.2) is 0 Å². The Balaban J connectivity index is 2.32. The summed E-state index contributed by atoms with van der Waals surface area (Å²) in [4.78, 5) is 17.9. The van der Waals surface area contributed by atoms with Gasteiger partial charge in [-0.05, 0) is 29.8 Å². The number of amides is 1. The molecule has 1 amide bonds. The predicted octanol–water partition coefficient (Wildman–Crippen LogP) is 2.90. The van der Waals surface area contributed by atoms with Crippen molar-refractivity contribution in [2.45, 2.75) is 19.9 Å². The van der Waals surface area contributed by atoms with Crippen LogP contribution in [0.2, 0.25) is 0 Å². The lowest BCUT2D eigenvalue weighted by Gasteiger charge is -2.22. The van der Waals surface area contributed by atoms with Gasteiger partial charge in [-0.3, -0.25) is 9.78 Å². The smallest absolute Gasteiger partial charge is 0.227 e. The molecule has 0 fully saturated rings. The number of anilines is 1. The molecule has 4 nitrogen and oxygen atoms in total. The first-order valence-corrected chi connectivity index (χ1v) is 6.44. The van der Waals surface area contributed by atoms with Gasteiger partial charge in [0.15, 0.2) is 0 Å². The van der Waals surface area contributed by atoms with E-state index in [0.717, 1.165) is 11.3 Å².